The van der Waals surface area contributed by atoms with Gasteiger partial charge in [-0.1, -0.05) is 17.8 Å². The molecule has 0 aliphatic carbocycles. The zero-order valence-corrected chi connectivity index (χ0v) is 15.6. The van der Waals surface area contributed by atoms with Crippen molar-refractivity contribution >= 4 is 29.0 Å². The van der Waals surface area contributed by atoms with Crippen molar-refractivity contribution in [3.05, 3.63) is 47.0 Å². The third kappa shape index (κ3) is 3.65. The van der Waals surface area contributed by atoms with Gasteiger partial charge in [-0.05, 0) is 48.2 Å². The van der Waals surface area contributed by atoms with Crippen molar-refractivity contribution < 1.29 is 18.0 Å². The Hall–Kier alpha value is -2.15. The molecule has 0 atom stereocenters. The van der Waals surface area contributed by atoms with Crippen LogP contribution in [0.2, 0.25) is 0 Å². The number of rotatable bonds is 2. The SMILES string of the molecule is CC(=O)Nc1cc(C(F)(F)F)cc2c1Cc1ccc(N3CCCC3)cc1S2. The summed E-state index contributed by atoms with van der Waals surface area (Å²) in [6.45, 7) is 3.34. The molecule has 2 aromatic carbocycles. The van der Waals surface area contributed by atoms with Gasteiger partial charge in [-0.3, -0.25) is 4.79 Å². The molecule has 1 fully saturated rings. The van der Waals surface area contributed by atoms with Gasteiger partial charge in [-0.15, -0.1) is 0 Å². The third-order valence-electron chi connectivity index (χ3n) is 4.96. The molecule has 1 saturated heterocycles. The van der Waals surface area contributed by atoms with Gasteiger partial charge in [0.25, 0.3) is 0 Å². The van der Waals surface area contributed by atoms with Crippen molar-refractivity contribution in [2.24, 2.45) is 0 Å². The van der Waals surface area contributed by atoms with Gasteiger partial charge in [0.15, 0.2) is 0 Å². The molecule has 2 aliphatic rings. The summed E-state index contributed by atoms with van der Waals surface area (Å²) < 4.78 is 39.9. The van der Waals surface area contributed by atoms with Crippen molar-refractivity contribution in [2.45, 2.75) is 42.2 Å². The van der Waals surface area contributed by atoms with Crippen LogP contribution < -0.4 is 10.2 Å². The molecule has 2 aliphatic heterocycles. The molecular weight excluding hydrogens is 373 g/mol. The first-order chi connectivity index (χ1) is 12.8. The first-order valence-corrected chi connectivity index (χ1v) is 9.70. The summed E-state index contributed by atoms with van der Waals surface area (Å²) in [5, 5.41) is 2.57. The Bertz CT molecular complexity index is 905. The van der Waals surface area contributed by atoms with E-state index in [1.54, 1.807) is 0 Å². The van der Waals surface area contributed by atoms with E-state index in [9.17, 15) is 18.0 Å². The molecule has 142 valence electrons. The van der Waals surface area contributed by atoms with Crippen LogP contribution in [0.25, 0.3) is 0 Å². The number of nitrogens with zero attached hydrogens (tertiary/aromatic N) is 1. The van der Waals surface area contributed by atoms with Crippen molar-refractivity contribution in [1.82, 2.24) is 0 Å². The molecular formula is C20H19F3N2OS. The van der Waals surface area contributed by atoms with Crippen LogP contribution in [0.5, 0.6) is 0 Å². The van der Waals surface area contributed by atoms with E-state index in [0.29, 0.717) is 11.3 Å². The molecule has 2 aromatic rings. The maximum atomic E-state index is 13.3. The average molecular weight is 392 g/mol. The summed E-state index contributed by atoms with van der Waals surface area (Å²) in [4.78, 5) is 15.3. The van der Waals surface area contributed by atoms with Crippen LogP contribution >= 0.6 is 11.8 Å². The molecule has 0 unspecified atom stereocenters. The number of halogens is 3. The van der Waals surface area contributed by atoms with Gasteiger partial charge < -0.3 is 10.2 Å². The van der Waals surface area contributed by atoms with E-state index in [1.165, 1.54) is 37.6 Å². The number of hydrogen-bond acceptors (Lipinski definition) is 3. The van der Waals surface area contributed by atoms with E-state index < -0.39 is 11.7 Å². The summed E-state index contributed by atoms with van der Waals surface area (Å²) in [5.74, 6) is -0.378. The van der Waals surface area contributed by atoms with E-state index in [2.05, 4.69) is 22.3 Å². The number of carbonyl (C=O) groups excluding carboxylic acids is 1. The van der Waals surface area contributed by atoms with Crippen LogP contribution in [0.3, 0.4) is 0 Å². The van der Waals surface area contributed by atoms with Crippen LogP contribution in [-0.4, -0.2) is 19.0 Å². The lowest BCUT2D eigenvalue weighted by molar-refractivity contribution is -0.137. The highest BCUT2D eigenvalue weighted by atomic mass is 32.2. The Morgan fingerprint density at radius 1 is 1.11 bits per heavy atom. The second kappa shape index (κ2) is 6.78. The zero-order chi connectivity index (χ0) is 19.2. The minimum Gasteiger partial charge on any atom is -0.372 e. The second-order valence-electron chi connectivity index (χ2n) is 6.94. The second-order valence-corrected chi connectivity index (χ2v) is 8.03. The van der Waals surface area contributed by atoms with Gasteiger partial charge >= 0.3 is 6.18 Å². The quantitative estimate of drug-likeness (QED) is 0.641. The lowest BCUT2D eigenvalue weighted by Crippen LogP contribution is -2.18. The summed E-state index contributed by atoms with van der Waals surface area (Å²) >= 11 is 1.35. The van der Waals surface area contributed by atoms with E-state index in [0.717, 1.165) is 40.9 Å². The number of amides is 1. The molecule has 4 rings (SSSR count). The van der Waals surface area contributed by atoms with Crippen molar-refractivity contribution in [3.8, 4) is 0 Å². The summed E-state index contributed by atoms with van der Waals surface area (Å²) in [5.41, 5.74) is 2.44. The Labute approximate surface area is 159 Å². The van der Waals surface area contributed by atoms with Crippen LogP contribution in [0.1, 0.15) is 36.5 Å². The molecule has 0 radical (unpaired) electrons. The van der Waals surface area contributed by atoms with Crippen molar-refractivity contribution in [1.29, 1.82) is 0 Å². The third-order valence-corrected chi connectivity index (χ3v) is 6.14. The molecule has 0 spiro atoms. The Morgan fingerprint density at radius 2 is 1.85 bits per heavy atom. The number of benzene rings is 2. The van der Waals surface area contributed by atoms with Crippen LogP contribution in [0.4, 0.5) is 24.5 Å². The van der Waals surface area contributed by atoms with Gasteiger partial charge in [0.2, 0.25) is 5.91 Å². The minimum absolute atomic E-state index is 0.245. The molecule has 2 heterocycles. The van der Waals surface area contributed by atoms with E-state index in [1.807, 2.05) is 6.07 Å². The predicted octanol–water partition coefficient (Wildman–Crippen LogP) is 5.32. The summed E-state index contributed by atoms with van der Waals surface area (Å²) in [7, 11) is 0. The highest BCUT2D eigenvalue weighted by Gasteiger charge is 2.33. The maximum absolute atomic E-state index is 13.3. The molecule has 0 saturated carbocycles. The molecule has 27 heavy (non-hydrogen) atoms. The van der Waals surface area contributed by atoms with Crippen LogP contribution in [0, 0.1) is 0 Å². The summed E-state index contributed by atoms with van der Waals surface area (Å²) in [6, 6.07) is 8.43. The fourth-order valence-corrected chi connectivity index (χ4v) is 4.83. The maximum Gasteiger partial charge on any atom is 0.416 e. The highest BCUT2D eigenvalue weighted by Crippen LogP contribution is 2.46. The monoisotopic (exact) mass is 392 g/mol. The van der Waals surface area contributed by atoms with E-state index in [-0.39, 0.29) is 11.6 Å². The molecule has 0 bridgehead atoms. The predicted molar refractivity (Wildman–Crippen MR) is 101 cm³/mol. The summed E-state index contributed by atoms with van der Waals surface area (Å²) in [6.07, 6.45) is -1.61. The molecule has 0 aromatic heterocycles. The van der Waals surface area contributed by atoms with Gasteiger partial charge in [-0.25, -0.2) is 0 Å². The fraction of sp³-hybridized carbons (Fsp3) is 0.350. The standard InChI is InChI=1S/C20H19F3N2OS/c1-12(26)24-17-9-14(20(21,22)23)10-19-16(17)8-13-4-5-15(11-18(13)27-19)25-6-2-3-7-25/h4-5,9-11H,2-3,6-8H2,1H3,(H,24,26). The number of fused-ring (bicyclic) bond motifs is 2. The Balaban J connectivity index is 1.74. The van der Waals surface area contributed by atoms with Gasteiger partial charge in [0.05, 0.1) is 5.56 Å². The highest BCUT2D eigenvalue weighted by molar-refractivity contribution is 7.99. The smallest absolute Gasteiger partial charge is 0.372 e. The van der Waals surface area contributed by atoms with Crippen LogP contribution in [-0.2, 0) is 17.4 Å². The number of nitrogens with one attached hydrogen (secondary N) is 1. The topological polar surface area (TPSA) is 32.3 Å². The Kier molecular flexibility index (Phi) is 4.58. The first-order valence-electron chi connectivity index (χ1n) is 8.89. The fourth-order valence-electron chi connectivity index (χ4n) is 3.65. The molecule has 3 nitrogen and oxygen atoms in total. The normalized spacial score (nSPS) is 16.1. The molecule has 1 amide bonds. The Morgan fingerprint density at radius 3 is 2.52 bits per heavy atom. The van der Waals surface area contributed by atoms with Gasteiger partial charge in [-0.2, -0.15) is 13.2 Å². The van der Waals surface area contributed by atoms with Gasteiger partial charge in [0, 0.05) is 47.6 Å². The molecule has 1 N–H and O–H groups in total. The minimum atomic E-state index is -4.46. The van der Waals surface area contributed by atoms with Crippen molar-refractivity contribution in [2.75, 3.05) is 23.3 Å². The first kappa shape index (κ1) is 18.2. The number of anilines is 2. The molecule has 7 heteroatoms. The van der Waals surface area contributed by atoms with E-state index in [4.69, 9.17) is 0 Å². The average Bonchev–Trinajstić information content (AvgIpc) is 3.13. The van der Waals surface area contributed by atoms with E-state index >= 15 is 0 Å². The van der Waals surface area contributed by atoms with Gasteiger partial charge in [0.1, 0.15) is 0 Å². The number of hydrogen-bond donors (Lipinski definition) is 1. The largest absolute Gasteiger partial charge is 0.416 e. The zero-order valence-electron chi connectivity index (χ0n) is 14.8. The number of alkyl halides is 3. The van der Waals surface area contributed by atoms with Crippen LogP contribution in [0.15, 0.2) is 40.1 Å². The van der Waals surface area contributed by atoms with Crippen molar-refractivity contribution in [3.63, 3.8) is 0 Å². The lowest BCUT2D eigenvalue weighted by atomic mass is 9.99. The lowest BCUT2D eigenvalue weighted by Gasteiger charge is -2.25. The number of carbonyl (C=O) groups is 1.